The molecule has 1 aliphatic rings. The first-order valence-electron chi connectivity index (χ1n) is 5.52. The van der Waals surface area contributed by atoms with Gasteiger partial charge in [0.05, 0.1) is 5.60 Å². The molecule has 2 heterocycles. The van der Waals surface area contributed by atoms with E-state index >= 15 is 0 Å². The van der Waals surface area contributed by atoms with Gasteiger partial charge in [0, 0.05) is 19.2 Å². The molecule has 0 spiro atoms. The van der Waals surface area contributed by atoms with Gasteiger partial charge in [-0.05, 0) is 42.1 Å². The highest BCUT2D eigenvalue weighted by Gasteiger charge is 2.25. The first kappa shape index (κ1) is 11.8. The van der Waals surface area contributed by atoms with Crippen molar-refractivity contribution in [2.45, 2.75) is 31.8 Å². The van der Waals surface area contributed by atoms with Crippen LogP contribution >= 0.6 is 15.9 Å². The highest BCUT2D eigenvalue weighted by atomic mass is 79.9. The smallest absolute Gasteiger partial charge is 0.133 e. The topological polar surface area (TPSA) is 49.2 Å². The summed E-state index contributed by atoms with van der Waals surface area (Å²) in [5, 5.41) is 10.0. The second-order valence-electron chi connectivity index (χ2n) is 4.54. The summed E-state index contributed by atoms with van der Waals surface area (Å²) in [5.41, 5.74) is -0.529. The Morgan fingerprint density at radius 3 is 2.94 bits per heavy atom. The molecule has 1 aromatic heterocycles. The first-order valence-corrected chi connectivity index (χ1v) is 6.31. The third-order valence-electron chi connectivity index (χ3n) is 3.01. The summed E-state index contributed by atoms with van der Waals surface area (Å²) in [4.78, 5) is 10.5. The average Bonchev–Trinajstić information content (AvgIpc) is 2.39. The van der Waals surface area contributed by atoms with Crippen LogP contribution in [-0.4, -0.2) is 33.8 Å². The Morgan fingerprint density at radius 1 is 1.38 bits per heavy atom. The van der Waals surface area contributed by atoms with Gasteiger partial charge in [-0.2, -0.15) is 0 Å². The zero-order valence-corrected chi connectivity index (χ0v) is 10.9. The fourth-order valence-electron chi connectivity index (χ4n) is 1.99. The van der Waals surface area contributed by atoms with E-state index in [-0.39, 0.29) is 0 Å². The molecule has 88 valence electrons. The van der Waals surface area contributed by atoms with Crippen molar-refractivity contribution in [3.63, 3.8) is 0 Å². The lowest BCUT2D eigenvalue weighted by molar-refractivity contribution is 0.0481. The van der Waals surface area contributed by atoms with Crippen LogP contribution in [0.4, 0.5) is 5.82 Å². The van der Waals surface area contributed by atoms with Crippen molar-refractivity contribution in [1.82, 2.24) is 9.97 Å². The lowest BCUT2D eigenvalue weighted by atomic mass is 9.98. The number of nitrogens with zero attached hydrogens (tertiary/aromatic N) is 3. The van der Waals surface area contributed by atoms with Crippen molar-refractivity contribution >= 4 is 21.7 Å². The van der Waals surface area contributed by atoms with E-state index in [2.05, 4.69) is 30.8 Å². The third-order valence-corrected chi connectivity index (χ3v) is 3.44. The molecular formula is C11H16BrN3O. The molecule has 0 saturated carbocycles. The molecule has 4 nitrogen and oxygen atoms in total. The van der Waals surface area contributed by atoms with Gasteiger partial charge >= 0.3 is 0 Å². The standard InChI is InChI=1S/C11H16BrN3O/c1-11(16)3-2-5-15(6-4-11)10-7-9(12)13-8-14-10/h7-8,16H,2-6H2,1H3. The summed E-state index contributed by atoms with van der Waals surface area (Å²) in [7, 11) is 0. The Balaban J connectivity index is 2.11. The lowest BCUT2D eigenvalue weighted by Gasteiger charge is -2.23. The average molecular weight is 286 g/mol. The van der Waals surface area contributed by atoms with Crippen molar-refractivity contribution in [2.24, 2.45) is 0 Å². The fraction of sp³-hybridized carbons (Fsp3) is 0.636. The van der Waals surface area contributed by atoms with E-state index in [9.17, 15) is 5.11 Å². The summed E-state index contributed by atoms with van der Waals surface area (Å²) in [6.07, 6.45) is 4.20. The number of hydrogen-bond donors (Lipinski definition) is 1. The zero-order valence-electron chi connectivity index (χ0n) is 9.36. The minimum Gasteiger partial charge on any atom is -0.390 e. The predicted molar refractivity (Wildman–Crippen MR) is 66.4 cm³/mol. The van der Waals surface area contributed by atoms with E-state index in [0.717, 1.165) is 42.8 Å². The monoisotopic (exact) mass is 285 g/mol. The van der Waals surface area contributed by atoms with Gasteiger partial charge in [-0.15, -0.1) is 0 Å². The minimum absolute atomic E-state index is 0.529. The minimum atomic E-state index is -0.529. The fourth-order valence-corrected chi connectivity index (χ4v) is 2.29. The molecule has 0 radical (unpaired) electrons. The van der Waals surface area contributed by atoms with E-state index in [4.69, 9.17) is 0 Å². The van der Waals surface area contributed by atoms with Crippen molar-refractivity contribution < 1.29 is 5.11 Å². The number of rotatable bonds is 1. The van der Waals surface area contributed by atoms with Crippen LogP contribution in [0.3, 0.4) is 0 Å². The Bertz CT molecular complexity index is 370. The van der Waals surface area contributed by atoms with Crippen molar-refractivity contribution in [3.8, 4) is 0 Å². The van der Waals surface area contributed by atoms with E-state index in [1.165, 1.54) is 0 Å². The molecule has 2 rings (SSSR count). The number of hydrogen-bond acceptors (Lipinski definition) is 4. The molecule has 1 fully saturated rings. The van der Waals surface area contributed by atoms with Crippen LogP contribution in [0.25, 0.3) is 0 Å². The zero-order chi connectivity index (χ0) is 11.6. The van der Waals surface area contributed by atoms with Crippen molar-refractivity contribution in [1.29, 1.82) is 0 Å². The second kappa shape index (κ2) is 4.67. The summed E-state index contributed by atoms with van der Waals surface area (Å²) < 4.78 is 0.800. The van der Waals surface area contributed by atoms with E-state index in [0.29, 0.717) is 0 Å². The number of aliphatic hydroxyl groups is 1. The molecule has 0 aliphatic carbocycles. The molecule has 1 saturated heterocycles. The van der Waals surface area contributed by atoms with Crippen molar-refractivity contribution in [2.75, 3.05) is 18.0 Å². The predicted octanol–water partition coefficient (Wildman–Crippen LogP) is 1.98. The normalized spacial score (nSPS) is 26.6. The van der Waals surface area contributed by atoms with Crippen LogP contribution in [0.15, 0.2) is 17.0 Å². The second-order valence-corrected chi connectivity index (χ2v) is 5.35. The molecule has 0 amide bonds. The van der Waals surface area contributed by atoms with Gasteiger partial charge in [0.15, 0.2) is 0 Å². The maximum Gasteiger partial charge on any atom is 0.133 e. The number of anilines is 1. The molecule has 16 heavy (non-hydrogen) atoms. The molecule has 1 aromatic rings. The van der Waals surface area contributed by atoms with Crippen LogP contribution in [0, 0.1) is 0 Å². The maximum atomic E-state index is 10.0. The largest absolute Gasteiger partial charge is 0.390 e. The van der Waals surface area contributed by atoms with Gasteiger partial charge in [0.25, 0.3) is 0 Å². The van der Waals surface area contributed by atoms with Gasteiger partial charge in [-0.25, -0.2) is 9.97 Å². The summed E-state index contributed by atoms with van der Waals surface area (Å²) in [6, 6.07) is 1.92. The van der Waals surface area contributed by atoms with Gasteiger partial charge in [0.2, 0.25) is 0 Å². The van der Waals surface area contributed by atoms with Crippen LogP contribution in [0.5, 0.6) is 0 Å². The maximum absolute atomic E-state index is 10.0. The van der Waals surface area contributed by atoms with E-state index in [1.807, 2.05) is 13.0 Å². The molecule has 5 heteroatoms. The van der Waals surface area contributed by atoms with Gasteiger partial charge in [0.1, 0.15) is 16.7 Å². The highest BCUT2D eigenvalue weighted by molar-refractivity contribution is 9.10. The van der Waals surface area contributed by atoms with E-state index < -0.39 is 5.60 Å². The SMILES string of the molecule is CC1(O)CCCN(c2cc(Br)ncn2)CC1. The Hall–Kier alpha value is -0.680. The summed E-state index contributed by atoms with van der Waals surface area (Å²) >= 11 is 3.34. The molecule has 1 atom stereocenters. The Kier molecular flexibility index (Phi) is 3.44. The number of halogens is 1. The molecule has 1 unspecified atom stereocenters. The first-order chi connectivity index (χ1) is 7.57. The van der Waals surface area contributed by atoms with Gasteiger partial charge < -0.3 is 10.0 Å². The summed E-state index contributed by atoms with van der Waals surface area (Å²) in [6.45, 7) is 3.70. The van der Waals surface area contributed by atoms with Crippen molar-refractivity contribution in [3.05, 3.63) is 17.0 Å². The van der Waals surface area contributed by atoms with Gasteiger partial charge in [-0.3, -0.25) is 0 Å². The molecule has 1 aliphatic heterocycles. The summed E-state index contributed by atoms with van der Waals surface area (Å²) in [5.74, 6) is 0.930. The lowest BCUT2D eigenvalue weighted by Crippen LogP contribution is -2.28. The number of aromatic nitrogens is 2. The van der Waals surface area contributed by atoms with Crippen LogP contribution in [0.1, 0.15) is 26.2 Å². The molecular weight excluding hydrogens is 270 g/mol. The van der Waals surface area contributed by atoms with Crippen LogP contribution in [-0.2, 0) is 0 Å². The molecule has 0 bridgehead atoms. The van der Waals surface area contributed by atoms with E-state index in [1.54, 1.807) is 6.33 Å². The Morgan fingerprint density at radius 2 is 2.19 bits per heavy atom. The van der Waals surface area contributed by atoms with Crippen LogP contribution < -0.4 is 4.90 Å². The van der Waals surface area contributed by atoms with Gasteiger partial charge in [-0.1, -0.05) is 0 Å². The quantitative estimate of drug-likeness (QED) is 0.802. The molecule has 1 N–H and O–H groups in total. The molecule has 0 aromatic carbocycles. The highest BCUT2D eigenvalue weighted by Crippen LogP contribution is 2.24. The third kappa shape index (κ3) is 2.92. The van der Waals surface area contributed by atoms with Crippen LogP contribution in [0.2, 0.25) is 0 Å². The Labute approximate surface area is 104 Å².